The van der Waals surface area contributed by atoms with Gasteiger partial charge >= 0.3 is 0 Å². The van der Waals surface area contributed by atoms with Crippen LogP contribution in [0, 0.1) is 11.1 Å². The summed E-state index contributed by atoms with van der Waals surface area (Å²) in [6.45, 7) is 3.96. The number of hydroxylamine groups is 1. The maximum absolute atomic E-state index is 12.4. The molecule has 0 unspecified atom stereocenters. The zero-order valence-corrected chi connectivity index (χ0v) is 14.0. The number of nitrogens with zero attached hydrogens (tertiary/aromatic N) is 2. The number of hydrogen-bond acceptors (Lipinski definition) is 3. The Hall–Kier alpha value is -3.08. The maximum atomic E-state index is 12.4. The monoisotopic (exact) mass is 336 g/mol. The summed E-state index contributed by atoms with van der Waals surface area (Å²) in [6, 6.07) is 16.4. The van der Waals surface area contributed by atoms with E-state index in [4.69, 9.17) is 4.74 Å². The van der Waals surface area contributed by atoms with Crippen molar-refractivity contribution < 1.29 is 14.3 Å². The van der Waals surface area contributed by atoms with E-state index in [-0.39, 0.29) is 24.4 Å². The number of ether oxygens (including phenoxy) is 1. The van der Waals surface area contributed by atoms with Crippen LogP contribution < -0.4 is 9.64 Å². The molecule has 0 spiro atoms. The zero-order valence-electron chi connectivity index (χ0n) is 14.0. The highest BCUT2D eigenvalue weighted by Crippen LogP contribution is 2.33. The average Bonchev–Trinajstić information content (AvgIpc) is 2.63. The van der Waals surface area contributed by atoms with Crippen molar-refractivity contribution in [3.05, 3.63) is 78.0 Å². The van der Waals surface area contributed by atoms with Crippen molar-refractivity contribution in [2.75, 3.05) is 12.0 Å². The van der Waals surface area contributed by atoms with Crippen molar-refractivity contribution in [1.82, 2.24) is 0 Å². The lowest BCUT2D eigenvalue weighted by Gasteiger charge is -2.42. The second kappa shape index (κ2) is 7.21. The van der Waals surface area contributed by atoms with Crippen LogP contribution in [0.4, 0.5) is 5.69 Å². The molecule has 0 aromatic heterocycles. The summed E-state index contributed by atoms with van der Waals surface area (Å²) in [5.41, 5.74) is 1.66. The second-order valence-corrected chi connectivity index (χ2v) is 5.87. The van der Waals surface area contributed by atoms with Gasteiger partial charge in [0, 0.05) is 11.3 Å². The Balaban J connectivity index is 1.81. The fourth-order valence-corrected chi connectivity index (χ4v) is 2.96. The topological polar surface area (TPSA) is 55.6 Å². The van der Waals surface area contributed by atoms with Gasteiger partial charge in [-0.2, -0.15) is 0 Å². The maximum Gasteiger partial charge on any atom is 0.237 e. The Kier molecular flexibility index (Phi) is 4.84. The molecule has 1 aliphatic rings. The predicted molar refractivity (Wildman–Crippen MR) is 97.8 cm³/mol. The van der Waals surface area contributed by atoms with Crippen LogP contribution in [0.25, 0.3) is 0 Å². The van der Waals surface area contributed by atoms with E-state index in [1.54, 1.807) is 36.4 Å². The molecule has 1 amide bonds. The lowest BCUT2D eigenvalue weighted by molar-refractivity contribution is -0.471. The van der Waals surface area contributed by atoms with Crippen molar-refractivity contribution in [3.8, 4) is 5.75 Å². The Morgan fingerprint density at radius 1 is 1.20 bits per heavy atom. The smallest absolute Gasteiger partial charge is 0.237 e. The van der Waals surface area contributed by atoms with Gasteiger partial charge in [-0.3, -0.25) is 9.69 Å². The minimum absolute atomic E-state index is 0.0606. The first kappa shape index (κ1) is 16.8. The second-order valence-electron chi connectivity index (χ2n) is 5.87. The number of carbonyl (C=O) groups is 1. The highest BCUT2D eigenvalue weighted by Gasteiger charge is 2.47. The first-order valence-electron chi connectivity index (χ1n) is 8.06. The largest absolute Gasteiger partial charge is 0.624 e. The number of carbonyl (C=O) groups excluding carboxylic acids is 1. The number of hydrogen-bond donors (Lipinski definition) is 0. The van der Waals surface area contributed by atoms with Crippen LogP contribution in [0.1, 0.15) is 5.56 Å². The molecule has 2 aromatic carbocycles. The standard InChI is InChI=1S/C20H20N2O3/c1-3-18-19(14-21(24)13-15-7-5-4-6-8-15)22(20(18)23)16-9-11-17(25-2)12-10-16/h3-12,14,18-19H,1,13H2,2H3/b21-14-/t18-,19+/m0/s1. The van der Waals surface area contributed by atoms with Gasteiger partial charge in [0.1, 0.15) is 11.8 Å². The molecule has 2 aromatic rings. The molecule has 1 heterocycles. The summed E-state index contributed by atoms with van der Waals surface area (Å²) in [6.07, 6.45) is 3.14. The van der Waals surface area contributed by atoms with Crippen LogP contribution in [0.3, 0.4) is 0 Å². The normalized spacial score (nSPS) is 20.1. The van der Waals surface area contributed by atoms with E-state index in [0.717, 1.165) is 16.0 Å². The van der Waals surface area contributed by atoms with Gasteiger partial charge in [0.2, 0.25) is 5.91 Å². The van der Waals surface area contributed by atoms with E-state index >= 15 is 0 Å². The first-order valence-corrected chi connectivity index (χ1v) is 8.06. The van der Waals surface area contributed by atoms with Gasteiger partial charge in [0.05, 0.1) is 13.0 Å². The summed E-state index contributed by atoms with van der Waals surface area (Å²) in [5.74, 6) is 0.274. The van der Waals surface area contributed by atoms with Crippen LogP contribution in [0.15, 0.2) is 67.3 Å². The van der Waals surface area contributed by atoms with E-state index in [1.807, 2.05) is 42.5 Å². The van der Waals surface area contributed by atoms with Crippen molar-refractivity contribution in [2.24, 2.45) is 5.92 Å². The highest BCUT2D eigenvalue weighted by atomic mass is 16.5. The number of rotatable bonds is 6. The van der Waals surface area contributed by atoms with Crippen LogP contribution in [0.5, 0.6) is 5.75 Å². The summed E-state index contributed by atoms with van der Waals surface area (Å²) in [4.78, 5) is 14.0. The van der Waals surface area contributed by atoms with Crippen LogP contribution in [0.2, 0.25) is 0 Å². The van der Waals surface area contributed by atoms with E-state index in [0.29, 0.717) is 5.75 Å². The molecule has 0 radical (unpaired) electrons. The molecule has 0 bridgehead atoms. The number of β-lactam (4-membered cyclic amide) rings is 1. The molecule has 0 N–H and O–H groups in total. The third kappa shape index (κ3) is 3.40. The Bertz CT molecular complexity index is 784. The molecule has 1 saturated heterocycles. The number of benzene rings is 2. The number of methoxy groups -OCH3 is 1. The van der Waals surface area contributed by atoms with E-state index in [9.17, 15) is 10.0 Å². The minimum Gasteiger partial charge on any atom is -0.624 e. The molecule has 0 aliphatic carbocycles. The first-order chi connectivity index (χ1) is 12.1. The fraction of sp³-hybridized carbons (Fsp3) is 0.200. The molecule has 25 heavy (non-hydrogen) atoms. The van der Waals surface area contributed by atoms with Gasteiger partial charge in [-0.05, 0) is 24.3 Å². The third-order valence-corrected chi connectivity index (χ3v) is 4.29. The SMILES string of the molecule is C=C[C@@H]1C(=O)N(c2ccc(OC)cc2)[C@@H]1/C=[N+](\[O-])Cc1ccccc1. The van der Waals surface area contributed by atoms with Gasteiger partial charge in [-0.15, -0.1) is 6.58 Å². The van der Waals surface area contributed by atoms with Crippen LogP contribution in [-0.2, 0) is 11.3 Å². The molecule has 0 saturated carbocycles. The third-order valence-electron chi connectivity index (χ3n) is 4.29. The molecule has 5 nitrogen and oxygen atoms in total. The quantitative estimate of drug-likeness (QED) is 0.203. The molecule has 5 heteroatoms. The predicted octanol–water partition coefficient (Wildman–Crippen LogP) is 2.99. The average molecular weight is 336 g/mol. The lowest BCUT2D eigenvalue weighted by Crippen LogP contribution is -2.62. The summed E-state index contributed by atoms with van der Waals surface area (Å²) in [5, 5.41) is 12.3. The van der Waals surface area contributed by atoms with Crippen molar-refractivity contribution >= 4 is 17.8 Å². The number of amides is 1. The summed E-state index contributed by atoms with van der Waals surface area (Å²) < 4.78 is 6.02. The molecule has 3 rings (SSSR count). The van der Waals surface area contributed by atoms with E-state index in [1.165, 1.54) is 0 Å². The van der Waals surface area contributed by atoms with Gasteiger partial charge in [-0.1, -0.05) is 36.4 Å². The fourth-order valence-electron chi connectivity index (χ4n) is 2.96. The van der Waals surface area contributed by atoms with Crippen molar-refractivity contribution in [2.45, 2.75) is 12.6 Å². The Morgan fingerprint density at radius 2 is 1.88 bits per heavy atom. The van der Waals surface area contributed by atoms with Crippen molar-refractivity contribution in [1.29, 1.82) is 0 Å². The molecule has 1 fully saturated rings. The Morgan fingerprint density at radius 3 is 2.48 bits per heavy atom. The van der Waals surface area contributed by atoms with E-state index < -0.39 is 0 Å². The molecular formula is C20H20N2O3. The van der Waals surface area contributed by atoms with Crippen LogP contribution in [-0.4, -0.2) is 30.0 Å². The highest BCUT2D eigenvalue weighted by molar-refractivity contribution is 6.09. The Labute approximate surface area is 147 Å². The number of anilines is 1. The van der Waals surface area contributed by atoms with Gasteiger partial charge < -0.3 is 9.94 Å². The van der Waals surface area contributed by atoms with E-state index in [2.05, 4.69) is 6.58 Å². The molecular weight excluding hydrogens is 316 g/mol. The van der Waals surface area contributed by atoms with Gasteiger partial charge in [0.25, 0.3) is 0 Å². The van der Waals surface area contributed by atoms with Gasteiger partial charge in [-0.25, -0.2) is 4.74 Å². The van der Waals surface area contributed by atoms with Crippen molar-refractivity contribution in [3.63, 3.8) is 0 Å². The van der Waals surface area contributed by atoms with Gasteiger partial charge in [0.15, 0.2) is 12.8 Å². The molecule has 128 valence electrons. The summed E-state index contributed by atoms with van der Waals surface area (Å²) in [7, 11) is 1.59. The van der Waals surface area contributed by atoms with Crippen LogP contribution >= 0.6 is 0 Å². The minimum atomic E-state index is -0.380. The molecule has 2 atom stereocenters. The lowest BCUT2D eigenvalue weighted by atomic mass is 9.87. The summed E-state index contributed by atoms with van der Waals surface area (Å²) >= 11 is 0. The molecule has 1 aliphatic heterocycles. The zero-order chi connectivity index (χ0) is 17.8.